The monoisotopic (exact) mass is 265 g/mol. The summed E-state index contributed by atoms with van der Waals surface area (Å²) in [6.07, 6.45) is 4.69. The van der Waals surface area contributed by atoms with Crippen molar-refractivity contribution in [2.45, 2.75) is 32.6 Å². The maximum Gasteiger partial charge on any atom is 0.230 e. The van der Waals surface area contributed by atoms with Crippen LogP contribution in [0.15, 0.2) is 0 Å². The number of aromatic nitrogens is 1. The number of thiazole rings is 1. The molecule has 2 N–H and O–H groups in total. The average molecular weight is 265 g/mol. The molecule has 2 unspecified atom stereocenters. The fourth-order valence-corrected chi connectivity index (χ4v) is 3.82. The van der Waals surface area contributed by atoms with Crippen LogP contribution in [0.25, 0.3) is 0 Å². The topological polar surface area (TPSA) is 54.0 Å². The van der Waals surface area contributed by atoms with Crippen molar-refractivity contribution in [2.24, 2.45) is 11.8 Å². The number of carbonyl (C=O) groups is 1. The van der Waals surface area contributed by atoms with Crippen LogP contribution in [-0.2, 0) is 17.6 Å². The number of anilines is 1. The van der Waals surface area contributed by atoms with E-state index < -0.39 is 0 Å². The third-order valence-electron chi connectivity index (χ3n) is 3.93. The summed E-state index contributed by atoms with van der Waals surface area (Å²) < 4.78 is 0. The molecule has 0 aromatic carbocycles. The largest absolute Gasteiger partial charge is 0.316 e. The van der Waals surface area contributed by atoms with E-state index in [-0.39, 0.29) is 11.8 Å². The van der Waals surface area contributed by atoms with E-state index in [1.807, 2.05) is 0 Å². The lowest BCUT2D eigenvalue weighted by Crippen LogP contribution is -2.27. The Morgan fingerprint density at radius 3 is 2.94 bits per heavy atom. The number of fused-ring (bicyclic) bond motifs is 1. The lowest BCUT2D eigenvalue weighted by molar-refractivity contribution is -0.120. The Morgan fingerprint density at radius 2 is 2.22 bits per heavy atom. The van der Waals surface area contributed by atoms with Crippen molar-refractivity contribution in [3.05, 3.63) is 10.6 Å². The Hall–Kier alpha value is -0.940. The number of amides is 1. The maximum atomic E-state index is 12.2. The maximum absolute atomic E-state index is 12.2. The molecule has 1 aromatic rings. The number of nitrogens with zero attached hydrogens (tertiary/aromatic N) is 1. The summed E-state index contributed by atoms with van der Waals surface area (Å²) >= 11 is 1.66. The van der Waals surface area contributed by atoms with Crippen molar-refractivity contribution in [1.29, 1.82) is 0 Å². The Kier molecular flexibility index (Phi) is 3.35. The summed E-state index contributed by atoms with van der Waals surface area (Å²) in [6.45, 7) is 3.85. The Balaban J connectivity index is 1.68. The molecule has 2 heterocycles. The Labute approximate surface area is 111 Å². The van der Waals surface area contributed by atoms with Gasteiger partial charge in [-0.15, -0.1) is 11.3 Å². The van der Waals surface area contributed by atoms with Crippen molar-refractivity contribution in [1.82, 2.24) is 10.3 Å². The van der Waals surface area contributed by atoms with Crippen LogP contribution in [0.2, 0.25) is 0 Å². The predicted octanol–water partition coefficient (Wildman–Crippen LogP) is 1.82. The molecular formula is C13H19N3OS. The average Bonchev–Trinajstić information content (AvgIpc) is 2.94. The molecule has 5 heteroatoms. The first-order valence-electron chi connectivity index (χ1n) is 6.74. The lowest BCUT2D eigenvalue weighted by atomic mass is 9.97. The van der Waals surface area contributed by atoms with E-state index in [9.17, 15) is 4.79 Å². The highest BCUT2D eigenvalue weighted by molar-refractivity contribution is 7.15. The van der Waals surface area contributed by atoms with Gasteiger partial charge in [-0.05, 0) is 38.1 Å². The van der Waals surface area contributed by atoms with Gasteiger partial charge in [0.15, 0.2) is 5.13 Å². The summed E-state index contributed by atoms with van der Waals surface area (Å²) in [7, 11) is 0. The van der Waals surface area contributed by atoms with Gasteiger partial charge in [0.25, 0.3) is 0 Å². The Bertz CT molecular complexity index is 434. The van der Waals surface area contributed by atoms with Crippen LogP contribution >= 0.6 is 11.3 Å². The molecule has 0 bridgehead atoms. The fourth-order valence-electron chi connectivity index (χ4n) is 2.76. The van der Waals surface area contributed by atoms with E-state index in [0.29, 0.717) is 5.92 Å². The van der Waals surface area contributed by atoms with Gasteiger partial charge in [-0.1, -0.05) is 6.92 Å². The molecular weight excluding hydrogens is 246 g/mol. The molecule has 1 fully saturated rings. The summed E-state index contributed by atoms with van der Waals surface area (Å²) in [5.41, 5.74) is 1.21. The number of hydrogen-bond acceptors (Lipinski definition) is 4. The van der Waals surface area contributed by atoms with E-state index >= 15 is 0 Å². The normalized spacial score (nSPS) is 26.9. The number of hydrogen-bond donors (Lipinski definition) is 2. The first-order valence-corrected chi connectivity index (χ1v) is 7.56. The van der Waals surface area contributed by atoms with Crippen LogP contribution in [0.4, 0.5) is 5.13 Å². The van der Waals surface area contributed by atoms with Crippen LogP contribution < -0.4 is 10.6 Å². The SMILES string of the molecule is CC1CNCC1C(=O)Nc1nc2c(s1)CCCC2. The summed E-state index contributed by atoms with van der Waals surface area (Å²) in [4.78, 5) is 18.1. The van der Waals surface area contributed by atoms with Crippen molar-refractivity contribution in [3.8, 4) is 0 Å². The van der Waals surface area contributed by atoms with E-state index in [2.05, 4.69) is 22.5 Å². The van der Waals surface area contributed by atoms with Crippen LogP contribution in [0.3, 0.4) is 0 Å². The van der Waals surface area contributed by atoms with Crippen molar-refractivity contribution < 1.29 is 4.79 Å². The van der Waals surface area contributed by atoms with Gasteiger partial charge in [-0.2, -0.15) is 0 Å². The van der Waals surface area contributed by atoms with Crippen LogP contribution in [0.1, 0.15) is 30.3 Å². The molecule has 4 nitrogen and oxygen atoms in total. The molecule has 18 heavy (non-hydrogen) atoms. The molecule has 2 aliphatic rings. The van der Waals surface area contributed by atoms with Gasteiger partial charge in [0.05, 0.1) is 11.6 Å². The molecule has 2 atom stereocenters. The predicted molar refractivity (Wildman–Crippen MR) is 72.9 cm³/mol. The highest BCUT2D eigenvalue weighted by Crippen LogP contribution is 2.30. The minimum Gasteiger partial charge on any atom is -0.316 e. The standard InChI is InChI=1S/C13H19N3OS/c1-8-6-14-7-9(8)12(17)16-13-15-10-4-2-3-5-11(10)18-13/h8-9,14H,2-7H2,1H3,(H,15,16,17). The molecule has 0 radical (unpaired) electrons. The number of aryl methyl sites for hydroxylation is 2. The first kappa shape index (κ1) is 12.1. The summed E-state index contributed by atoms with van der Waals surface area (Å²) in [5, 5.41) is 7.06. The molecule has 98 valence electrons. The van der Waals surface area contributed by atoms with E-state index in [1.165, 1.54) is 23.4 Å². The molecule has 3 rings (SSSR count). The summed E-state index contributed by atoms with van der Waals surface area (Å²) in [5.74, 6) is 0.629. The minimum absolute atomic E-state index is 0.0888. The molecule has 1 aliphatic heterocycles. The summed E-state index contributed by atoms with van der Waals surface area (Å²) in [6, 6.07) is 0. The molecule has 1 amide bonds. The third kappa shape index (κ3) is 2.29. The quantitative estimate of drug-likeness (QED) is 0.857. The molecule has 0 saturated carbocycles. The van der Waals surface area contributed by atoms with Crippen LogP contribution in [-0.4, -0.2) is 24.0 Å². The van der Waals surface area contributed by atoms with Gasteiger partial charge in [-0.3, -0.25) is 4.79 Å². The molecule has 0 spiro atoms. The zero-order valence-corrected chi connectivity index (χ0v) is 11.5. The molecule has 1 aromatic heterocycles. The Morgan fingerprint density at radius 1 is 1.39 bits per heavy atom. The smallest absolute Gasteiger partial charge is 0.230 e. The van der Waals surface area contributed by atoms with Gasteiger partial charge < -0.3 is 10.6 Å². The van der Waals surface area contributed by atoms with Gasteiger partial charge >= 0.3 is 0 Å². The second-order valence-corrected chi connectivity index (χ2v) is 6.41. The van der Waals surface area contributed by atoms with Crippen molar-refractivity contribution in [2.75, 3.05) is 18.4 Å². The van der Waals surface area contributed by atoms with Gasteiger partial charge in [-0.25, -0.2) is 4.98 Å². The van der Waals surface area contributed by atoms with Crippen molar-refractivity contribution in [3.63, 3.8) is 0 Å². The van der Waals surface area contributed by atoms with Crippen LogP contribution in [0.5, 0.6) is 0 Å². The van der Waals surface area contributed by atoms with Gasteiger partial charge in [0, 0.05) is 11.4 Å². The fraction of sp³-hybridized carbons (Fsp3) is 0.692. The third-order valence-corrected chi connectivity index (χ3v) is 5.00. The zero-order valence-electron chi connectivity index (χ0n) is 10.7. The minimum atomic E-state index is 0.0888. The van der Waals surface area contributed by atoms with Gasteiger partial charge in [0.2, 0.25) is 5.91 Å². The number of carbonyl (C=O) groups excluding carboxylic acids is 1. The van der Waals surface area contributed by atoms with Crippen LogP contribution in [0, 0.1) is 11.8 Å². The van der Waals surface area contributed by atoms with Crippen molar-refractivity contribution >= 4 is 22.4 Å². The van der Waals surface area contributed by atoms with Gasteiger partial charge in [0.1, 0.15) is 0 Å². The first-order chi connectivity index (χ1) is 8.74. The molecule has 1 aliphatic carbocycles. The number of nitrogens with one attached hydrogen (secondary N) is 2. The van der Waals surface area contributed by atoms with E-state index in [0.717, 1.165) is 31.1 Å². The second-order valence-electron chi connectivity index (χ2n) is 5.33. The highest BCUT2D eigenvalue weighted by Gasteiger charge is 2.30. The number of rotatable bonds is 2. The lowest BCUT2D eigenvalue weighted by Gasteiger charge is -2.12. The van der Waals surface area contributed by atoms with E-state index in [1.54, 1.807) is 11.3 Å². The molecule has 1 saturated heterocycles. The van der Waals surface area contributed by atoms with E-state index in [4.69, 9.17) is 0 Å². The zero-order chi connectivity index (χ0) is 12.5. The second kappa shape index (κ2) is 4.97. The highest BCUT2D eigenvalue weighted by atomic mass is 32.1.